The summed E-state index contributed by atoms with van der Waals surface area (Å²) in [5.41, 5.74) is 7.59. The molecule has 1 aromatic carbocycles. The SMILES string of the molecule is Nc1cnccc1-c1ccc(OC(F)(F)F)cc1. The van der Waals surface area contributed by atoms with Crippen molar-refractivity contribution in [3.63, 3.8) is 0 Å². The van der Waals surface area contributed by atoms with Crippen LogP contribution in [0.2, 0.25) is 0 Å². The lowest BCUT2D eigenvalue weighted by Crippen LogP contribution is -2.16. The van der Waals surface area contributed by atoms with E-state index in [1.54, 1.807) is 12.3 Å². The van der Waals surface area contributed by atoms with Crippen LogP contribution in [0.5, 0.6) is 5.75 Å². The standard InChI is InChI=1S/C12H9F3N2O/c13-12(14,15)18-9-3-1-8(2-4-9)10-5-6-17-7-11(10)16/h1-7H,16H2. The molecule has 0 amide bonds. The zero-order valence-electron chi connectivity index (χ0n) is 9.11. The number of rotatable bonds is 2. The Hall–Kier alpha value is -2.24. The van der Waals surface area contributed by atoms with Crippen molar-refractivity contribution in [3.05, 3.63) is 42.7 Å². The minimum Gasteiger partial charge on any atom is -0.406 e. The second-order valence-electron chi connectivity index (χ2n) is 3.54. The van der Waals surface area contributed by atoms with Gasteiger partial charge in [-0.1, -0.05) is 12.1 Å². The third-order valence-electron chi connectivity index (χ3n) is 2.25. The van der Waals surface area contributed by atoms with Crippen molar-refractivity contribution in [1.82, 2.24) is 4.98 Å². The Morgan fingerprint density at radius 3 is 2.28 bits per heavy atom. The van der Waals surface area contributed by atoms with E-state index in [2.05, 4.69) is 9.72 Å². The summed E-state index contributed by atoms with van der Waals surface area (Å²) in [6.45, 7) is 0. The largest absolute Gasteiger partial charge is 0.573 e. The van der Waals surface area contributed by atoms with Gasteiger partial charge in [0.2, 0.25) is 0 Å². The van der Waals surface area contributed by atoms with Crippen molar-refractivity contribution in [2.75, 3.05) is 5.73 Å². The van der Waals surface area contributed by atoms with Gasteiger partial charge in [0, 0.05) is 11.8 Å². The molecule has 0 atom stereocenters. The average Bonchev–Trinajstić information content (AvgIpc) is 2.29. The molecule has 2 N–H and O–H groups in total. The molecule has 0 aliphatic rings. The predicted molar refractivity (Wildman–Crippen MR) is 60.8 cm³/mol. The number of pyridine rings is 1. The molecule has 0 unspecified atom stereocenters. The fourth-order valence-corrected chi connectivity index (χ4v) is 1.51. The first-order chi connectivity index (χ1) is 8.46. The van der Waals surface area contributed by atoms with Crippen molar-refractivity contribution in [2.45, 2.75) is 6.36 Å². The molecule has 0 spiro atoms. The molecule has 1 aromatic heterocycles. The first kappa shape index (κ1) is 12.2. The zero-order chi connectivity index (χ0) is 13.2. The Balaban J connectivity index is 2.26. The summed E-state index contributed by atoms with van der Waals surface area (Å²) in [6, 6.07) is 7.18. The van der Waals surface area contributed by atoms with Crippen molar-refractivity contribution < 1.29 is 17.9 Å². The first-order valence-corrected chi connectivity index (χ1v) is 5.01. The number of alkyl halides is 3. The molecule has 0 saturated heterocycles. The van der Waals surface area contributed by atoms with Crippen LogP contribution in [0.3, 0.4) is 0 Å². The molecule has 2 aromatic rings. The van der Waals surface area contributed by atoms with Gasteiger partial charge in [0.25, 0.3) is 0 Å². The van der Waals surface area contributed by atoms with Crippen molar-refractivity contribution in [3.8, 4) is 16.9 Å². The number of benzene rings is 1. The number of aromatic nitrogens is 1. The Kier molecular flexibility index (Phi) is 3.10. The van der Waals surface area contributed by atoms with E-state index in [1.807, 2.05) is 0 Å². The molecule has 0 bridgehead atoms. The van der Waals surface area contributed by atoms with E-state index in [1.165, 1.54) is 30.5 Å². The minimum absolute atomic E-state index is 0.265. The lowest BCUT2D eigenvalue weighted by atomic mass is 10.1. The smallest absolute Gasteiger partial charge is 0.406 e. The van der Waals surface area contributed by atoms with E-state index >= 15 is 0 Å². The Bertz CT molecular complexity index is 538. The molecule has 6 heteroatoms. The monoisotopic (exact) mass is 254 g/mol. The number of anilines is 1. The Morgan fingerprint density at radius 1 is 1.06 bits per heavy atom. The van der Waals surface area contributed by atoms with Gasteiger partial charge >= 0.3 is 6.36 Å². The highest BCUT2D eigenvalue weighted by atomic mass is 19.4. The van der Waals surface area contributed by atoms with Gasteiger partial charge in [-0.3, -0.25) is 4.98 Å². The molecule has 94 valence electrons. The molecular formula is C12H9F3N2O. The highest BCUT2D eigenvalue weighted by molar-refractivity contribution is 5.75. The Labute approximate surface area is 101 Å². The maximum atomic E-state index is 12.0. The highest BCUT2D eigenvalue weighted by Gasteiger charge is 2.30. The first-order valence-electron chi connectivity index (χ1n) is 5.01. The number of halogens is 3. The molecule has 0 aliphatic carbocycles. The maximum Gasteiger partial charge on any atom is 0.573 e. The fraction of sp³-hybridized carbons (Fsp3) is 0.0833. The summed E-state index contributed by atoms with van der Waals surface area (Å²) in [5.74, 6) is -0.265. The predicted octanol–water partition coefficient (Wildman–Crippen LogP) is 3.23. The van der Waals surface area contributed by atoms with Crippen LogP contribution >= 0.6 is 0 Å². The lowest BCUT2D eigenvalue weighted by Gasteiger charge is -2.10. The van der Waals surface area contributed by atoms with Gasteiger partial charge in [-0.15, -0.1) is 13.2 Å². The Morgan fingerprint density at radius 2 is 1.72 bits per heavy atom. The van der Waals surface area contributed by atoms with Gasteiger partial charge in [0.05, 0.1) is 11.9 Å². The molecule has 3 nitrogen and oxygen atoms in total. The third-order valence-corrected chi connectivity index (χ3v) is 2.25. The van der Waals surface area contributed by atoms with Crippen LogP contribution in [-0.4, -0.2) is 11.3 Å². The van der Waals surface area contributed by atoms with Crippen LogP contribution in [0.4, 0.5) is 18.9 Å². The van der Waals surface area contributed by atoms with Crippen LogP contribution in [0.25, 0.3) is 11.1 Å². The maximum absolute atomic E-state index is 12.0. The summed E-state index contributed by atoms with van der Waals surface area (Å²) >= 11 is 0. The number of nitrogens with zero attached hydrogens (tertiary/aromatic N) is 1. The van der Waals surface area contributed by atoms with E-state index in [0.29, 0.717) is 16.8 Å². The lowest BCUT2D eigenvalue weighted by molar-refractivity contribution is -0.274. The molecule has 0 aliphatic heterocycles. The summed E-state index contributed by atoms with van der Waals surface area (Å²) in [5, 5.41) is 0. The molecule has 1 heterocycles. The topological polar surface area (TPSA) is 48.1 Å². The van der Waals surface area contributed by atoms with Gasteiger partial charge in [-0.05, 0) is 23.8 Å². The van der Waals surface area contributed by atoms with Gasteiger partial charge in [0.1, 0.15) is 5.75 Å². The fourth-order valence-electron chi connectivity index (χ4n) is 1.51. The number of nitrogens with two attached hydrogens (primary N) is 1. The van der Waals surface area contributed by atoms with Gasteiger partial charge < -0.3 is 10.5 Å². The van der Waals surface area contributed by atoms with Crippen molar-refractivity contribution in [1.29, 1.82) is 0 Å². The quantitative estimate of drug-likeness (QED) is 0.895. The van der Waals surface area contributed by atoms with Gasteiger partial charge in [-0.25, -0.2) is 0 Å². The normalized spacial score (nSPS) is 11.3. The van der Waals surface area contributed by atoms with Crippen LogP contribution in [0.15, 0.2) is 42.7 Å². The molecule has 0 fully saturated rings. The molecule has 0 radical (unpaired) electrons. The van der Waals surface area contributed by atoms with E-state index in [-0.39, 0.29) is 5.75 Å². The summed E-state index contributed by atoms with van der Waals surface area (Å²) in [4.78, 5) is 3.84. The van der Waals surface area contributed by atoms with Gasteiger partial charge in [0.15, 0.2) is 0 Å². The van der Waals surface area contributed by atoms with E-state index in [0.717, 1.165) is 0 Å². The van der Waals surface area contributed by atoms with Crippen LogP contribution in [-0.2, 0) is 0 Å². The molecule has 2 rings (SSSR count). The van der Waals surface area contributed by atoms with Crippen LogP contribution in [0, 0.1) is 0 Å². The second-order valence-corrected chi connectivity index (χ2v) is 3.54. The van der Waals surface area contributed by atoms with Crippen LogP contribution < -0.4 is 10.5 Å². The summed E-state index contributed by atoms with van der Waals surface area (Å²) in [6.07, 6.45) is -1.64. The number of hydrogen-bond acceptors (Lipinski definition) is 3. The van der Waals surface area contributed by atoms with E-state index < -0.39 is 6.36 Å². The number of hydrogen-bond donors (Lipinski definition) is 1. The second kappa shape index (κ2) is 4.56. The molecule has 18 heavy (non-hydrogen) atoms. The molecule has 0 saturated carbocycles. The molecular weight excluding hydrogens is 245 g/mol. The number of ether oxygens (including phenoxy) is 1. The summed E-state index contributed by atoms with van der Waals surface area (Å²) in [7, 11) is 0. The van der Waals surface area contributed by atoms with Gasteiger partial charge in [-0.2, -0.15) is 0 Å². The summed E-state index contributed by atoms with van der Waals surface area (Å²) < 4.78 is 39.7. The average molecular weight is 254 g/mol. The van der Waals surface area contributed by atoms with Crippen LogP contribution in [0.1, 0.15) is 0 Å². The van der Waals surface area contributed by atoms with Crippen molar-refractivity contribution >= 4 is 5.69 Å². The third kappa shape index (κ3) is 2.91. The zero-order valence-corrected chi connectivity index (χ0v) is 9.11. The van der Waals surface area contributed by atoms with E-state index in [9.17, 15) is 13.2 Å². The minimum atomic E-state index is -4.68. The highest BCUT2D eigenvalue weighted by Crippen LogP contribution is 2.28. The number of nitrogen functional groups attached to an aromatic ring is 1. The van der Waals surface area contributed by atoms with E-state index in [4.69, 9.17) is 5.73 Å². The van der Waals surface area contributed by atoms with Crippen molar-refractivity contribution in [2.24, 2.45) is 0 Å².